The third-order valence-electron chi connectivity index (χ3n) is 5.79. The van der Waals surface area contributed by atoms with Gasteiger partial charge in [-0.25, -0.2) is 8.42 Å². The van der Waals surface area contributed by atoms with Crippen LogP contribution in [-0.4, -0.2) is 39.6 Å². The zero-order valence-electron chi connectivity index (χ0n) is 18.4. The van der Waals surface area contributed by atoms with Gasteiger partial charge in [0.2, 0.25) is 26.6 Å². The van der Waals surface area contributed by atoms with E-state index >= 15 is 0 Å². The lowest BCUT2D eigenvalue weighted by Crippen LogP contribution is -2.46. The number of rotatable bonds is 5. The Morgan fingerprint density at radius 3 is 2.06 bits per heavy atom. The molecule has 2 heterocycles. The van der Waals surface area contributed by atoms with Crippen molar-refractivity contribution < 1.29 is 12.8 Å². The van der Waals surface area contributed by atoms with Crippen molar-refractivity contribution in [1.82, 2.24) is 4.98 Å². The predicted octanol–water partition coefficient (Wildman–Crippen LogP) is 6.68. The molecular formula is C25H20Br2ClN3O3S. The standard InChI is InChI=1S/C25H20Br2ClN3O3S/c26-18-6-4-17(5-7-18)23-29-24(35(32,33)22-10-8-19(27)9-11-22)25(34-23)31-14-12-30(13-15-31)21-3-1-2-20(28)16-21/h1-11,16H,12-15H2. The van der Waals surface area contributed by atoms with Gasteiger partial charge in [0.1, 0.15) is 0 Å². The van der Waals surface area contributed by atoms with E-state index in [2.05, 4.69) is 41.7 Å². The molecule has 1 saturated heterocycles. The van der Waals surface area contributed by atoms with Gasteiger partial charge in [-0.3, -0.25) is 0 Å². The van der Waals surface area contributed by atoms with Crippen LogP contribution in [0.3, 0.4) is 0 Å². The SMILES string of the molecule is O=S(=O)(c1ccc(Br)cc1)c1nc(-c2ccc(Br)cc2)oc1N1CCN(c2cccc(Cl)c2)CC1. The van der Waals surface area contributed by atoms with Crippen LogP contribution in [0, 0.1) is 0 Å². The quantitative estimate of drug-likeness (QED) is 0.243. The molecule has 0 spiro atoms. The molecule has 3 aromatic carbocycles. The zero-order valence-corrected chi connectivity index (χ0v) is 23.1. The lowest BCUT2D eigenvalue weighted by molar-refractivity contribution is 0.525. The molecule has 4 aromatic rings. The van der Waals surface area contributed by atoms with Crippen LogP contribution in [0.2, 0.25) is 5.02 Å². The Morgan fingerprint density at radius 2 is 1.43 bits per heavy atom. The molecule has 0 saturated carbocycles. The van der Waals surface area contributed by atoms with Crippen LogP contribution in [-0.2, 0) is 9.84 Å². The summed E-state index contributed by atoms with van der Waals surface area (Å²) in [5.74, 6) is 0.525. The lowest BCUT2D eigenvalue weighted by atomic mass is 10.2. The lowest BCUT2D eigenvalue weighted by Gasteiger charge is -2.36. The van der Waals surface area contributed by atoms with E-state index in [0.717, 1.165) is 14.6 Å². The first-order chi connectivity index (χ1) is 16.8. The first-order valence-electron chi connectivity index (χ1n) is 10.8. The Hall–Kier alpha value is -2.33. The number of halogens is 3. The van der Waals surface area contributed by atoms with Crippen LogP contribution < -0.4 is 9.80 Å². The van der Waals surface area contributed by atoms with Gasteiger partial charge in [-0.1, -0.05) is 49.5 Å². The van der Waals surface area contributed by atoms with Crippen molar-refractivity contribution >= 4 is 64.9 Å². The van der Waals surface area contributed by atoms with Gasteiger partial charge in [0, 0.05) is 51.4 Å². The van der Waals surface area contributed by atoms with E-state index in [9.17, 15) is 8.42 Å². The van der Waals surface area contributed by atoms with Gasteiger partial charge in [-0.2, -0.15) is 4.98 Å². The van der Waals surface area contributed by atoms with Crippen LogP contribution >= 0.6 is 43.5 Å². The van der Waals surface area contributed by atoms with Gasteiger partial charge in [-0.05, 0) is 66.7 Å². The number of piperazine rings is 1. The first-order valence-corrected chi connectivity index (χ1v) is 14.3. The minimum absolute atomic E-state index is 0.0750. The summed E-state index contributed by atoms with van der Waals surface area (Å²) >= 11 is 13.0. The maximum atomic E-state index is 13.6. The fraction of sp³-hybridized carbons (Fsp3) is 0.160. The summed E-state index contributed by atoms with van der Waals surface area (Å²) in [6.45, 7) is 2.52. The normalized spacial score (nSPS) is 14.4. The maximum Gasteiger partial charge on any atom is 0.236 e. The number of hydrogen-bond acceptors (Lipinski definition) is 6. The second-order valence-corrected chi connectivity index (χ2v) is 12.2. The van der Waals surface area contributed by atoms with Gasteiger partial charge in [0.05, 0.1) is 4.90 Å². The van der Waals surface area contributed by atoms with E-state index in [1.807, 2.05) is 53.4 Å². The van der Waals surface area contributed by atoms with Gasteiger partial charge >= 0.3 is 0 Å². The van der Waals surface area contributed by atoms with E-state index < -0.39 is 9.84 Å². The van der Waals surface area contributed by atoms with E-state index in [0.29, 0.717) is 36.8 Å². The highest BCUT2D eigenvalue weighted by Gasteiger charge is 2.33. The summed E-state index contributed by atoms with van der Waals surface area (Å²) in [7, 11) is -3.91. The van der Waals surface area contributed by atoms with Gasteiger partial charge in [0.25, 0.3) is 0 Å². The molecule has 6 nitrogen and oxygen atoms in total. The maximum absolute atomic E-state index is 13.6. The third kappa shape index (κ3) is 5.14. The Morgan fingerprint density at radius 1 is 0.829 bits per heavy atom. The number of nitrogens with zero attached hydrogens (tertiary/aromatic N) is 3. The van der Waals surface area contributed by atoms with Crippen LogP contribution in [0.1, 0.15) is 0 Å². The summed E-state index contributed by atoms with van der Waals surface area (Å²) in [6, 6.07) is 21.7. The Balaban J connectivity index is 1.51. The van der Waals surface area contributed by atoms with Crippen molar-refractivity contribution in [3.05, 3.63) is 86.8 Å². The molecule has 0 unspecified atom stereocenters. The molecule has 1 aromatic heterocycles. The summed E-state index contributed by atoms with van der Waals surface area (Å²) in [4.78, 5) is 8.82. The first kappa shape index (κ1) is 24.4. The van der Waals surface area contributed by atoms with Gasteiger partial charge in [0.15, 0.2) is 0 Å². The molecule has 0 bridgehead atoms. The molecule has 0 aliphatic carbocycles. The van der Waals surface area contributed by atoms with E-state index in [4.69, 9.17) is 16.0 Å². The zero-order chi connectivity index (χ0) is 24.6. The largest absolute Gasteiger partial charge is 0.419 e. The molecule has 1 aliphatic heterocycles. The average Bonchev–Trinajstić information content (AvgIpc) is 3.31. The van der Waals surface area contributed by atoms with Crippen LogP contribution in [0.5, 0.6) is 0 Å². The second-order valence-electron chi connectivity index (χ2n) is 8.05. The van der Waals surface area contributed by atoms with Crippen LogP contribution in [0.4, 0.5) is 11.6 Å². The molecule has 0 amide bonds. The number of benzene rings is 3. The molecule has 35 heavy (non-hydrogen) atoms. The Kier molecular flexibility index (Phi) is 6.94. The Labute approximate surface area is 225 Å². The smallest absolute Gasteiger partial charge is 0.236 e. The van der Waals surface area contributed by atoms with E-state index in [1.165, 1.54) is 0 Å². The third-order valence-corrected chi connectivity index (χ3v) is 8.75. The van der Waals surface area contributed by atoms with Crippen LogP contribution in [0.15, 0.2) is 96.1 Å². The number of hydrogen-bond donors (Lipinski definition) is 0. The molecule has 0 radical (unpaired) electrons. The van der Waals surface area contributed by atoms with E-state index in [1.54, 1.807) is 24.3 Å². The van der Waals surface area contributed by atoms with Crippen molar-refractivity contribution in [2.75, 3.05) is 36.0 Å². The highest BCUT2D eigenvalue weighted by atomic mass is 79.9. The summed E-state index contributed by atoms with van der Waals surface area (Å²) in [6.07, 6.45) is 0. The fourth-order valence-electron chi connectivity index (χ4n) is 3.95. The topological polar surface area (TPSA) is 66.7 Å². The molecular weight excluding hydrogens is 618 g/mol. The average molecular weight is 638 g/mol. The highest BCUT2D eigenvalue weighted by Crippen LogP contribution is 2.36. The van der Waals surface area contributed by atoms with Crippen molar-refractivity contribution in [1.29, 1.82) is 0 Å². The minimum atomic E-state index is -3.91. The minimum Gasteiger partial charge on any atom is -0.419 e. The molecule has 0 N–H and O–H groups in total. The molecule has 1 aliphatic rings. The molecule has 5 rings (SSSR count). The monoisotopic (exact) mass is 635 g/mol. The Bertz CT molecular complexity index is 1450. The van der Waals surface area contributed by atoms with Crippen molar-refractivity contribution in [3.8, 4) is 11.5 Å². The number of anilines is 2. The summed E-state index contributed by atoms with van der Waals surface area (Å²) in [5.41, 5.74) is 1.73. The van der Waals surface area contributed by atoms with Crippen molar-refractivity contribution in [3.63, 3.8) is 0 Å². The van der Waals surface area contributed by atoms with Crippen molar-refractivity contribution in [2.45, 2.75) is 9.92 Å². The molecule has 0 atom stereocenters. The summed E-state index contributed by atoms with van der Waals surface area (Å²) < 4.78 is 35.1. The predicted molar refractivity (Wildman–Crippen MR) is 145 cm³/mol. The number of aromatic nitrogens is 1. The highest BCUT2D eigenvalue weighted by molar-refractivity contribution is 9.10. The number of oxazole rings is 1. The molecule has 10 heteroatoms. The summed E-state index contributed by atoms with van der Waals surface area (Å²) in [5, 5.41) is 0.608. The second kappa shape index (κ2) is 9.97. The van der Waals surface area contributed by atoms with Gasteiger partial charge < -0.3 is 14.2 Å². The van der Waals surface area contributed by atoms with Crippen LogP contribution in [0.25, 0.3) is 11.5 Å². The van der Waals surface area contributed by atoms with Crippen molar-refractivity contribution in [2.24, 2.45) is 0 Å². The van der Waals surface area contributed by atoms with Gasteiger partial charge in [-0.15, -0.1) is 0 Å². The van der Waals surface area contributed by atoms with E-state index in [-0.39, 0.29) is 21.7 Å². The molecule has 180 valence electrons. The fourth-order valence-corrected chi connectivity index (χ4v) is 5.99. The molecule has 1 fully saturated rings. The number of sulfone groups is 1.